The predicted octanol–water partition coefficient (Wildman–Crippen LogP) is 7.19. The Balaban J connectivity index is 1.39. The molecule has 6 heteroatoms. The number of hydrogen-bond donors (Lipinski definition) is 1. The van der Waals surface area contributed by atoms with Crippen LogP contribution in [0.2, 0.25) is 0 Å². The van der Waals surface area contributed by atoms with Crippen LogP contribution in [0.15, 0.2) is 84.9 Å². The summed E-state index contributed by atoms with van der Waals surface area (Å²) >= 11 is 0. The highest BCUT2D eigenvalue weighted by molar-refractivity contribution is 6.13. The molecule has 0 spiro atoms. The zero-order valence-corrected chi connectivity index (χ0v) is 22.1. The maximum Gasteiger partial charge on any atom is 0.256 e. The lowest BCUT2D eigenvalue weighted by Crippen LogP contribution is -2.13. The third-order valence-electron chi connectivity index (χ3n) is 6.50. The van der Waals surface area contributed by atoms with Gasteiger partial charge >= 0.3 is 0 Å². The quantitative estimate of drug-likeness (QED) is 0.216. The van der Waals surface area contributed by atoms with E-state index in [1.54, 1.807) is 0 Å². The van der Waals surface area contributed by atoms with E-state index in [0.717, 1.165) is 63.4 Å². The number of aryl methyl sites for hydroxylation is 2. The number of nitrogens with one attached hydrogen (secondary N) is 1. The van der Waals surface area contributed by atoms with Crippen LogP contribution in [0.4, 0.5) is 5.69 Å². The predicted molar refractivity (Wildman–Crippen MR) is 153 cm³/mol. The number of hydrogen-bond acceptors (Lipinski definition) is 4. The highest BCUT2D eigenvalue weighted by Gasteiger charge is 2.15. The van der Waals surface area contributed by atoms with Crippen LogP contribution in [0.3, 0.4) is 0 Å². The van der Waals surface area contributed by atoms with Gasteiger partial charge in [-0.15, -0.1) is 0 Å². The fraction of sp³-hybridized carbons (Fsp3) is 0.219. The number of amides is 1. The van der Waals surface area contributed by atoms with Crippen molar-refractivity contribution in [1.82, 2.24) is 14.8 Å². The summed E-state index contributed by atoms with van der Waals surface area (Å²) in [6.45, 7) is 7.56. The fourth-order valence-corrected chi connectivity index (χ4v) is 4.49. The number of para-hydroxylation sites is 1. The number of carbonyl (C=O) groups excluding carboxylic acids is 1. The number of benzene rings is 3. The molecule has 5 aromatic rings. The molecule has 0 aliphatic rings. The van der Waals surface area contributed by atoms with E-state index < -0.39 is 0 Å². The number of anilines is 1. The summed E-state index contributed by atoms with van der Waals surface area (Å²) in [5, 5.41) is 8.41. The van der Waals surface area contributed by atoms with Crippen molar-refractivity contribution in [3.05, 3.63) is 107 Å². The first kappa shape index (κ1) is 25.2. The second-order valence-electron chi connectivity index (χ2n) is 9.54. The Morgan fingerprint density at radius 3 is 2.53 bits per heavy atom. The molecule has 38 heavy (non-hydrogen) atoms. The maximum absolute atomic E-state index is 13.5. The molecule has 1 amide bonds. The number of aromatic nitrogens is 3. The smallest absolute Gasteiger partial charge is 0.256 e. The van der Waals surface area contributed by atoms with E-state index in [4.69, 9.17) is 9.72 Å². The highest BCUT2D eigenvalue weighted by atomic mass is 16.5. The van der Waals surface area contributed by atoms with E-state index >= 15 is 0 Å². The van der Waals surface area contributed by atoms with Crippen molar-refractivity contribution in [2.24, 2.45) is 0 Å². The van der Waals surface area contributed by atoms with Crippen LogP contribution in [0.25, 0.3) is 22.2 Å². The normalized spacial score (nSPS) is 11.0. The largest absolute Gasteiger partial charge is 0.494 e. The summed E-state index contributed by atoms with van der Waals surface area (Å²) in [6, 6.07) is 27.4. The van der Waals surface area contributed by atoms with Gasteiger partial charge in [-0.25, -0.2) is 4.98 Å². The minimum absolute atomic E-state index is 0.175. The number of rotatable bonds is 9. The van der Waals surface area contributed by atoms with E-state index in [1.165, 1.54) is 0 Å². The molecule has 0 aliphatic heterocycles. The number of ether oxygens (including phenoxy) is 1. The topological polar surface area (TPSA) is 69.0 Å². The first-order valence-electron chi connectivity index (χ1n) is 13.0. The third-order valence-corrected chi connectivity index (χ3v) is 6.50. The maximum atomic E-state index is 13.5. The van der Waals surface area contributed by atoms with Crippen LogP contribution in [0.1, 0.15) is 47.1 Å². The lowest BCUT2D eigenvalue weighted by atomic mass is 10.0. The minimum Gasteiger partial charge on any atom is -0.494 e. The van der Waals surface area contributed by atoms with Gasteiger partial charge in [0.2, 0.25) is 0 Å². The van der Waals surface area contributed by atoms with E-state index in [-0.39, 0.29) is 5.91 Å². The summed E-state index contributed by atoms with van der Waals surface area (Å²) in [6.07, 6.45) is 2.09. The van der Waals surface area contributed by atoms with Crippen molar-refractivity contribution in [3.8, 4) is 17.0 Å². The first-order valence-corrected chi connectivity index (χ1v) is 13.0. The molecular weight excluding hydrogens is 472 g/mol. The summed E-state index contributed by atoms with van der Waals surface area (Å²) in [7, 11) is 0. The number of fused-ring (bicyclic) bond motifs is 1. The first-order chi connectivity index (χ1) is 18.5. The Morgan fingerprint density at radius 2 is 1.76 bits per heavy atom. The van der Waals surface area contributed by atoms with Gasteiger partial charge in [0.15, 0.2) is 0 Å². The zero-order valence-electron chi connectivity index (χ0n) is 22.1. The van der Waals surface area contributed by atoms with Crippen molar-refractivity contribution in [3.63, 3.8) is 0 Å². The molecule has 6 nitrogen and oxygen atoms in total. The van der Waals surface area contributed by atoms with Crippen LogP contribution >= 0.6 is 0 Å². The van der Waals surface area contributed by atoms with Crippen molar-refractivity contribution in [2.75, 3.05) is 11.9 Å². The molecule has 0 saturated heterocycles. The Labute approximate surface area is 223 Å². The molecule has 2 aromatic heterocycles. The van der Waals surface area contributed by atoms with Crippen LogP contribution < -0.4 is 10.1 Å². The number of carbonyl (C=O) groups is 1. The lowest BCUT2D eigenvalue weighted by Gasteiger charge is -2.12. The number of pyridine rings is 1. The van der Waals surface area contributed by atoms with Crippen molar-refractivity contribution in [1.29, 1.82) is 0 Å². The van der Waals surface area contributed by atoms with Gasteiger partial charge in [0.1, 0.15) is 5.75 Å². The standard InChI is InChI=1S/C32H32N4O2/c1-4-5-17-38-27-10-8-9-25(19-27)31-20-29(28-11-6-7-12-30(28)34-31)32(37)33-26-15-13-24(14-16-26)21-36-23(3)18-22(2)35-36/h6-16,18-20H,4-5,17,21H2,1-3H3,(H,33,37). The Hall–Kier alpha value is -4.45. The molecule has 5 rings (SSSR count). The molecular formula is C32H32N4O2. The van der Waals surface area contributed by atoms with Gasteiger partial charge in [0.25, 0.3) is 5.91 Å². The fourth-order valence-electron chi connectivity index (χ4n) is 4.49. The highest BCUT2D eigenvalue weighted by Crippen LogP contribution is 2.28. The molecule has 0 fully saturated rings. The molecule has 0 aliphatic carbocycles. The average Bonchev–Trinajstić information content (AvgIpc) is 3.25. The summed E-state index contributed by atoms with van der Waals surface area (Å²) in [4.78, 5) is 18.3. The molecule has 192 valence electrons. The van der Waals surface area contributed by atoms with Gasteiger partial charge in [-0.3, -0.25) is 9.48 Å². The van der Waals surface area contributed by atoms with E-state index in [0.29, 0.717) is 18.7 Å². The van der Waals surface area contributed by atoms with Gasteiger partial charge < -0.3 is 10.1 Å². The summed E-state index contributed by atoms with van der Waals surface area (Å²) in [5.74, 6) is 0.629. The molecule has 0 bridgehead atoms. The Bertz CT molecular complexity index is 1570. The second-order valence-corrected chi connectivity index (χ2v) is 9.54. The van der Waals surface area contributed by atoms with Crippen LogP contribution in [0.5, 0.6) is 5.75 Å². The summed E-state index contributed by atoms with van der Waals surface area (Å²) < 4.78 is 7.88. The molecule has 2 heterocycles. The molecule has 3 aromatic carbocycles. The van der Waals surface area contributed by atoms with Gasteiger partial charge in [-0.2, -0.15) is 5.10 Å². The lowest BCUT2D eigenvalue weighted by molar-refractivity contribution is 0.102. The minimum atomic E-state index is -0.175. The molecule has 0 saturated carbocycles. The van der Waals surface area contributed by atoms with Gasteiger partial charge in [0, 0.05) is 22.3 Å². The molecule has 0 atom stereocenters. The zero-order chi connectivity index (χ0) is 26.5. The van der Waals surface area contributed by atoms with Crippen LogP contribution in [0, 0.1) is 13.8 Å². The van der Waals surface area contributed by atoms with E-state index in [1.807, 2.05) is 90.5 Å². The SMILES string of the molecule is CCCCOc1cccc(-c2cc(C(=O)Nc3ccc(Cn4nc(C)cc4C)cc3)c3ccccc3n2)c1. The monoisotopic (exact) mass is 504 g/mol. The van der Waals surface area contributed by atoms with Crippen molar-refractivity contribution >= 4 is 22.5 Å². The summed E-state index contributed by atoms with van der Waals surface area (Å²) in [5.41, 5.74) is 6.97. The Kier molecular flexibility index (Phi) is 7.50. The number of nitrogens with zero attached hydrogens (tertiary/aromatic N) is 3. The average molecular weight is 505 g/mol. The second kappa shape index (κ2) is 11.3. The molecule has 0 unspecified atom stereocenters. The Morgan fingerprint density at radius 1 is 0.947 bits per heavy atom. The van der Waals surface area contributed by atoms with E-state index in [9.17, 15) is 4.79 Å². The van der Waals surface area contributed by atoms with Gasteiger partial charge in [0.05, 0.1) is 35.6 Å². The van der Waals surface area contributed by atoms with Gasteiger partial charge in [-0.05, 0) is 68.3 Å². The van der Waals surface area contributed by atoms with Crippen molar-refractivity contribution < 1.29 is 9.53 Å². The van der Waals surface area contributed by atoms with Gasteiger partial charge in [-0.1, -0.05) is 55.8 Å². The van der Waals surface area contributed by atoms with Crippen LogP contribution in [-0.2, 0) is 6.54 Å². The van der Waals surface area contributed by atoms with Crippen LogP contribution in [-0.4, -0.2) is 27.3 Å². The third kappa shape index (κ3) is 5.75. The van der Waals surface area contributed by atoms with E-state index in [2.05, 4.69) is 30.3 Å². The van der Waals surface area contributed by atoms with Crippen molar-refractivity contribution in [2.45, 2.75) is 40.2 Å². The molecule has 0 radical (unpaired) electrons. The molecule has 1 N–H and O–H groups in total. The number of unbranched alkanes of at least 4 members (excludes halogenated alkanes) is 1.